The van der Waals surface area contributed by atoms with E-state index in [4.69, 9.17) is 9.84 Å². The van der Waals surface area contributed by atoms with Crippen molar-refractivity contribution in [2.45, 2.75) is 51.7 Å². The van der Waals surface area contributed by atoms with Crippen LogP contribution in [-0.2, 0) is 9.53 Å². The molecule has 4 heteroatoms. The van der Waals surface area contributed by atoms with Gasteiger partial charge in [0.1, 0.15) is 6.04 Å². The van der Waals surface area contributed by atoms with Crippen LogP contribution in [0.3, 0.4) is 0 Å². The number of hydrogen-bond acceptors (Lipinski definition) is 3. The molecule has 0 spiro atoms. The lowest BCUT2D eigenvalue weighted by atomic mass is 9.88. The van der Waals surface area contributed by atoms with E-state index < -0.39 is 12.0 Å². The summed E-state index contributed by atoms with van der Waals surface area (Å²) in [4.78, 5) is 12.6. The molecule has 100 valence electrons. The fraction of sp³-hybridized carbons (Fsp3) is 0.923. The molecule has 0 aliphatic heterocycles. The van der Waals surface area contributed by atoms with Crippen LogP contribution in [-0.4, -0.2) is 48.3 Å². The third-order valence-electron chi connectivity index (χ3n) is 3.83. The van der Waals surface area contributed by atoms with E-state index in [-0.39, 0.29) is 0 Å². The van der Waals surface area contributed by atoms with Crippen molar-refractivity contribution in [2.75, 3.05) is 20.2 Å². The number of nitrogens with zero attached hydrogens (tertiary/aromatic N) is 1. The minimum Gasteiger partial charge on any atom is -0.480 e. The van der Waals surface area contributed by atoms with Crippen molar-refractivity contribution in [1.82, 2.24) is 4.90 Å². The maximum atomic E-state index is 10.8. The zero-order valence-electron chi connectivity index (χ0n) is 11.2. The Bertz CT molecular complexity index is 245. The first-order valence-electron chi connectivity index (χ1n) is 6.57. The Kier molecular flexibility index (Phi) is 5.92. The van der Waals surface area contributed by atoms with Crippen LogP contribution in [0.15, 0.2) is 0 Å². The highest BCUT2D eigenvalue weighted by Crippen LogP contribution is 2.26. The van der Waals surface area contributed by atoms with Gasteiger partial charge in [0.25, 0.3) is 0 Å². The van der Waals surface area contributed by atoms with E-state index in [1.54, 1.807) is 6.92 Å². The summed E-state index contributed by atoms with van der Waals surface area (Å²) in [7, 11) is 1.83. The summed E-state index contributed by atoms with van der Waals surface area (Å²) in [6.07, 6.45) is 5.36. The van der Waals surface area contributed by atoms with Crippen molar-refractivity contribution in [1.29, 1.82) is 0 Å². The van der Waals surface area contributed by atoms with Gasteiger partial charge in [0.2, 0.25) is 0 Å². The van der Waals surface area contributed by atoms with E-state index in [1.165, 1.54) is 19.3 Å². The third kappa shape index (κ3) is 4.64. The smallest absolute Gasteiger partial charge is 0.320 e. The highest BCUT2D eigenvalue weighted by Gasteiger charge is 2.22. The van der Waals surface area contributed by atoms with Gasteiger partial charge in [0, 0.05) is 6.54 Å². The Morgan fingerprint density at radius 2 is 2.12 bits per heavy atom. The molecule has 3 unspecified atom stereocenters. The summed E-state index contributed by atoms with van der Waals surface area (Å²) in [6, 6.07) is -0.442. The van der Waals surface area contributed by atoms with Gasteiger partial charge >= 0.3 is 5.97 Å². The molecule has 3 atom stereocenters. The van der Waals surface area contributed by atoms with Gasteiger partial charge < -0.3 is 9.84 Å². The normalized spacial score (nSPS) is 27.1. The second-order valence-corrected chi connectivity index (χ2v) is 5.17. The minimum atomic E-state index is -0.779. The SMILES string of the molecule is CC1CCCCC1OCCN(C)C(C)C(=O)O. The Labute approximate surface area is 104 Å². The largest absolute Gasteiger partial charge is 0.480 e. The standard InChI is InChI=1S/C13H25NO3/c1-10-6-4-5-7-12(10)17-9-8-14(3)11(2)13(15)16/h10-12H,4-9H2,1-3H3,(H,15,16). The maximum Gasteiger partial charge on any atom is 0.320 e. The molecule has 1 rings (SSSR count). The van der Waals surface area contributed by atoms with Gasteiger partial charge in [-0.05, 0) is 32.7 Å². The van der Waals surface area contributed by atoms with Crippen LogP contribution >= 0.6 is 0 Å². The van der Waals surface area contributed by atoms with Gasteiger partial charge in [0.15, 0.2) is 0 Å². The molecule has 0 radical (unpaired) electrons. The first-order valence-corrected chi connectivity index (χ1v) is 6.57. The summed E-state index contributed by atoms with van der Waals surface area (Å²) in [5, 5.41) is 8.86. The molecule has 0 heterocycles. The molecule has 0 aromatic rings. The van der Waals surface area contributed by atoms with Crippen LogP contribution in [0.2, 0.25) is 0 Å². The van der Waals surface area contributed by atoms with Gasteiger partial charge in [0.05, 0.1) is 12.7 Å². The lowest BCUT2D eigenvalue weighted by Gasteiger charge is -2.30. The van der Waals surface area contributed by atoms with Gasteiger partial charge in [-0.2, -0.15) is 0 Å². The van der Waals surface area contributed by atoms with Crippen LogP contribution in [0, 0.1) is 5.92 Å². The van der Waals surface area contributed by atoms with E-state index in [1.807, 2.05) is 11.9 Å². The molecule has 1 saturated carbocycles. The number of rotatable bonds is 6. The average Bonchev–Trinajstić information content (AvgIpc) is 2.30. The fourth-order valence-electron chi connectivity index (χ4n) is 2.26. The molecule has 4 nitrogen and oxygen atoms in total. The molecular weight excluding hydrogens is 218 g/mol. The monoisotopic (exact) mass is 243 g/mol. The molecule has 1 aliphatic carbocycles. The number of likely N-dealkylation sites (N-methyl/N-ethyl adjacent to an activating group) is 1. The topological polar surface area (TPSA) is 49.8 Å². The van der Waals surface area contributed by atoms with Crippen LogP contribution < -0.4 is 0 Å². The predicted octanol–water partition coefficient (Wildman–Crippen LogP) is 1.99. The van der Waals surface area contributed by atoms with E-state index >= 15 is 0 Å². The van der Waals surface area contributed by atoms with Crippen molar-refractivity contribution in [2.24, 2.45) is 5.92 Å². The van der Waals surface area contributed by atoms with Crippen LogP contribution in [0.1, 0.15) is 39.5 Å². The summed E-state index contributed by atoms with van der Waals surface area (Å²) in [6.45, 7) is 5.25. The number of carboxylic acids is 1. The minimum absolute atomic E-state index is 0.372. The Morgan fingerprint density at radius 3 is 2.71 bits per heavy atom. The van der Waals surface area contributed by atoms with Gasteiger partial charge in [-0.15, -0.1) is 0 Å². The summed E-state index contributed by atoms with van der Waals surface area (Å²) >= 11 is 0. The molecule has 17 heavy (non-hydrogen) atoms. The maximum absolute atomic E-state index is 10.8. The van der Waals surface area contributed by atoms with Crippen LogP contribution in [0.25, 0.3) is 0 Å². The third-order valence-corrected chi connectivity index (χ3v) is 3.83. The van der Waals surface area contributed by atoms with E-state index in [0.29, 0.717) is 25.2 Å². The van der Waals surface area contributed by atoms with Crippen molar-refractivity contribution >= 4 is 5.97 Å². The van der Waals surface area contributed by atoms with Crippen molar-refractivity contribution < 1.29 is 14.6 Å². The van der Waals surface area contributed by atoms with E-state index in [9.17, 15) is 4.79 Å². The highest BCUT2D eigenvalue weighted by molar-refractivity contribution is 5.72. The number of carbonyl (C=O) groups is 1. The highest BCUT2D eigenvalue weighted by atomic mass is 16.5. The molecule has 1 aliphatic rings. The lowest BCUT2D eigenvalue weighted by Crippen LogP contribution is -2.39. The van der Waals surface area contributed by atoms with Crippen molar-refractivity contribution in [3.05, 3.63) is 0 Å². The van der Waals surface area contributed by atoms with Gasteiger partial charge in [-0.3, -0.25) is 9.69 Å². The molecule has 0 amide bonds. The number of carboxylic acid groups (broad SMARTS) is 1. The Hall–Kier alpha value is -0.610. The number of aliphatic carboxylic acids is 1. The number of ether oxygens (including phenoxy) is 1. The van der Waals surface area contributed by atoms with E-state index in [2.05, 4.69) is 6.92 Å². The van der Waals surface area contributed by atoms with Crippen molar-refractivity contribution in [3.8, 4) is 0 Å². The number of hydrogen-bond donors (Lipinski definition) is 1. The fourth-order valence-corrected chi connectivity index (χ4v) is 2.26. The predicted molar refractivity (Wildman–Crippen MR) is 67.1 cm³/mol. The Morgan fingerprint density at radius 1 is 1.47 bits per heavy atom. The lowest BCUT2D eigenvalue weighted by molar-refractivity contribution is -0.142. The molecule has 0 saturated heterocycles. The first kappa shape index (κ1) is 14.5. The second-order valence-electron chi connectivity index (χ2n) is 5.17. The summed E-state index contributed by atoms with van der Waals surface area (Å²) in [5.74, 6) is -0.135. The molecule has 0 aromatic heterocycles. The molecule has 1 N–H and O–H groups in total. The van der Waals surface area contributed by atoms with E-state index in [0.717, 1.165) is 6.42 Å². The van der Waals surface area contributed by atoms with Crippen LogP contribution in [0.4, 0.5) is 0 Å². The van der Waals surface area contributed by atoms with Gasteiger partial charge in [-0.1, -0.05) is 19.8 Å². The molecule has 1 fully saturated rings. The van der Waals surface area contributed by atoms with Crippen molar-refractivity contribution in [3.63, 3.8) is 0 Å². The Balaban J connectivity index is 2.20. The summed E-state index contributed by atoms with van der Waals surface area (Å²) in [5.41, 5.74) is 0. The zero-order chi connectivity index (χ0) is 12.8. The van der Waals surface area contributed by atoms with Crippen LogP contribution in [0.5, 0.6) is 0 Å². The van der Waals surface area contributed by atoms with Gasteiger partial charge in [-0.25, -0.2) is 0 Å². The molecule has 0 bridgehead atoms. The first-order chi connectivity index (χ1) is 8.02. The second kappa shape index (κ2) is 6.97. The average molecular weight is 243 g/mol. The summed E-state index contributed by atoms with van der Waals surface area (Å²) < 4.78 is 5.86. The quantitative estimate of drug-likeness (QED) is 0.775. The zero-order valence-corrected chi connectivity index (χ0v) is 11.2. The molecule has 0 aromatic carbocycles. The molecular formula is C13H25NO3.